The standard InChI is InChI=1S/C19H19N5O3/c1-13-5-4-8-16(22-13)23-17(25)9-10-20-18(26)11-24-12-21-15-7-3-2-6-14(15)19(24)27/h2-8,12H,9-11H2,1H3,(H,20,26)(H,22,23,25). The quantitative estimate of drug-likeness (QED) is 0.684. The number of pyridine rings is 1. The predicted molar refractivity (Wildman–Crippen MR) is 101 cm³/mol. The molecule has 0 aliphatic carbocycles. The van der Waals surface area contributed by atoms with E-state index in [0.29, 0.717) is 16.7 Å². The Hall–Kier alpha value is -3.55. The number of fused-ring (bicyclic) bond motifs is 1. The van der Waals surface area contributed by atoms with E-state index in [1.54, 1.807) is 36.4 Å². The molecule has 2 amide bonds. The van der Waals surface area contributed by atoms with Crippen LogP contribution in [0.5, 0.6) is 0 Å². The SMILES string of the molecule is Cc1cccc(NC(=O)CCNC(=O)Cn2cnc3ccccc3c2=O)n1. The summed E-state index contributed by atoms with van der Waals surface area (Å²) in [7, 11) is 0. The molecular formula is C19H19N5O3. The molecule has 8 nitrogen and oxygen atoms in total. The third-order valence-electron chi connectivity index (χ3n) is 3.88. The largest absolute Gasteiger partial charge is 0.354 e. The first-order chi connectivity index (χ1) is 13.0. The van der Waals surface area contributed by atoms with Gasteiger partial charge in [-0.05, 0) is 31.2 Å². The van der Waals surface area contributed by atoms with Gasteiger partial charge in [0, 0.05) is 18.7 Å². The first kappa shape index (κ1) is 18.2. The van der Waals surface area contributed by atoms with Gasteiger partial charge in [0.1, 0.15) is 12.4 Å². The molecule has 0 bridgehead atoms. The van der Waals surface area contributed by atoms with Crippen molar-refractivity contribution in [3.8, 4) is 0 Å². The number of amides is 2. The normalized spacial score (nSPS) is 10.6. The van der Waals surface area contributed by atoms with Crippen LogP contribution < -0.4 is 16.2 Å². The van der Waals surface area contributed by atoms with Gasteiger partial charge in [0.2, 0.25) is 11.8 Å². The third-order valence-corrected chi connectivity index (χ3v) is 3.88. The zero-order chi connectivity index (χ0) is 19.2. The highest BCUT2D eigenvalue weighted by Gasteiger charge is 2.09. The van der Waals surface area contributed by atoms with Gasteiger partial charge in [0.15, 0.2) is 0 Å². The average Bonchev–Trinajstić information content (AvgIpc) is 2.64. The molecule has 0 aliphatic rings. The lowest BCUT2D eigenvalue weighted by molar-refractivity contribution is -0.121. The highest BCUT2D eigenvalue weighted by Crippen LogP contribution is 2.05. The van der Waals surface area contributed by atoms with Gasteiger partial charge >= 0.3 is 0 Å². The summed E-state index contributed by atoms with van der Waals surface area (Å²) in [5.74, 6) is -0.145. The Kier molecular flexibility index (Phi) is 5.55. The van der Waals surface area contributed by atoms with Crippen molar-refractivity contribution in [1.82, 2.24) is 19.9 Å². The second-order valence-electron chi connectivity index (χ2n) is 6.01. The number of nitrogens with zero attached hydrogens (tertiary/aromatic N) is 3. The molecule has 0 fully saturated rings. The number of carbonyl (C=O) groups is 2. The smallest absolute Gasteiger partial charge is 0.261 e. The van der Waals surface area contributed by atoms with Gasteiger partial charge in [0.05, 0.1) is 17.2 Å². The van der Waals surface area contributed by atoms with Gasteiger partial charge in [-0.25, -0.2) is 9.97 Å². The lowest BCUT2D eigenvalue weighted by Gasteiger charge is -2.08. The van der Waals surface area contributed by atoms with Crippen LogP contribution in [-0.4, -0.2) is 32.9 Å². The molecule has 0 spiro atoms. The van der Waals surface area contributed by atoms with Crippen LogP contribution in [0.3, 0.4) is 0 Å². The van der Waals surface area contributed by atoms with Gasteiger partial charge < -0.3 is 10.6 Å². The molecule has 0 saturated heterocycles. The van der Waals surface area contributed by atoms with Crippen molar-refractivity contribution in [3.05, 3.63) is 64.8 Å². The van der Waals surface area contributed by atoms with Crippen LogP contribution in [0.25, 0.3) is 10.9 Å². The minimum atomic E-state index is -0.365. The molecule has 3 aromatic rings. The number of benzene rings is 1. The van der Waals surface area contributed by atoms with Gasteiger partial charge in [-0.3, -0.25) is 19.0 Å². The van der Waals surface area contributed by atoms with E-state index in [1.807, 2.05) is 13.0 Å². The molecule has 2 aromatic heterocycles. The van der Waals surface area contributed by atoms with Gasteiger partial charge in [-0.2, -0.15) is 0 Å². The van der Waals surface area contributed by atoms with E-state index in [1.165, 1.54) is 10.9 Å². The van der Waals surface area contributed by atoms with Crippen LogP contribution in [0.1, 0.15) is 12.1 Å². The van der Waals surface area contributed by atoms with Crippen molar-refractivity contribution in [2.75, 3.05) is 11.9 Å². The summed E-state index contributed by atoms with van der Waals surface area (Å²) in [6.45, 7) is 1.84. The number of para-hydroxylation sites is 1. The Bertz CT molecular complexity index is 1040. The second kappa shape index (κ2) is 8.22. The zero-order valence-corrected chi connectivity index (χ0v) is 14.8. The number of nitrogens with one attached hydrogen (secondary N) is 2. The van der Waals surface area contributed by atoms with Crippen LogP contribution in [0.2, 0.25) is 0 Å². The Morgan fingerprint density at radius 2 is 1.89 bits per heavy atom. The van der Waals surface area contributed by atoms with E-state index >= 15 is 0 Å². The lowest BCUT2D eigenvalue weighted by Crippen LogP contribution is -2.34. The molecular weight excluding hydrogens is 346 g/mol. The maximum Gasteiger partial charge on any atom is 0.261 e. The van der Waals surface area contributed by atoms with Gasteiger partial charge in [0.25, 0.3) is 5.56 Å². The molecule has 2 N–H and O–H groups in total. The predicted octanol–water partition coefficient (Wildman–Crippen LogP) is 1.24. The second-order valence-corrected chi connectivity index (χ2v) is 6.01. The Labute approximate surface area is 155 Å². The van der Waals surface area contributed by atoms with E-state index < -0.39 is 0 Å². The van der Waals surface area contributed by atoms with Crippen molar-refractivity contribution in [2.45, 2.75) is 19.9 Å². The van der Waals surface area contributed by atoms with E-state index in [4.69, 9.17) is 0 Å². The number of anilines is 1. The van der Waals surface area contributed by atoms with Crippen LogP contribution in [0, 0.1) is 6.92 Å². The molecule has 8 heteroatoms. The number of hydrogen-bond donors (Lipinski definition) is 2. The van der Waals surface area contributed by atoms with E-state index in [-0.39, 0.29) is 36.9 Å². The van der Waals surface area contributed by atoms with Crippen molar-refractivity contribution in [1.29, 1.82) is 0 Å². The van der Waals surface area contributed by atoms with E-state index in [2.05, 4.69) is 20.6 Å². The minimum absolute atomic E-state index is 0.103. The molecule has 0 unspecified atom stereocenters. The summed E-state index contributed by atoms with van der Waals surface area (Å²) in [5.41, 5.74) is 1.11. The molecule has 0 aliphatic heterocycles. The fourth-order valence-electron chi connectivity index (χ4n) is 2.56. The molecule has 2 heterocycles. The van der Waals surface area contributed by atoms with Crippen LogP contribution >= 0.6 is 0 Å². The third kappa shape index (κ3) is 4.75. The van der Waals surface area contributed by atoms with Gasteiger partial charge in [-0.15, -0.1) is 0 Å². The number of carbonyl (C=O) groups excluding carboxylic acids is 2. The highest BCUT2D eigenvalue weighted by atomic mass is 16.2. The molecule has 0 radical (unpaired) electrons. The van der Waals surface area contributed by atoms with E-state index in [0.717, 1.165) is 5.69 Å². The monoisotopic (exact) mass is 365 g/mol. The van der Waals surface area contributed by atoms with Crippen molar-refractivity contribution < 1.29 is 9.59 Å². The number of hydrogen-bond acceptors (Lipinski definition) is 5. The fraction of sp³-hybridized carbons (Fsp3) is 0.211. The maximum absolute atomic E-state index is 12.3. The highest BCUT2D eigenvalue weighted by molar-refractivity contribution is 5.90. The van der Waals surface area contributed by atoms with Crippen molar-refractivity contribution >= 4 is 28.5 Å². The summed E-state index contributed by atoms with van der Waals surface area (Å²) in [6.07, 6.45) is 1.45. The average molecular weight is 365 g/mol. The molecule has 3 rings (SSSR count). The maximum atomic E-state index is 12.3. The summed E-state index contributed by atoms with van der Waals surface area (Å²) in [4.78, 5) is 44.6. The minimum Gasteiger partial charge on any atom is -0.354 e. The van der Waals surface area contributed by atoms with Crippen LogP contribution in [0.4, 0.5) is 5.82 Å². The molecule has 27 heavy (non-hydrogen) atoms. The summed E-state index contributed by atoms with van der Waals surface area (Å²) < 4.78 is 1.24. The van der Waals surface area contributed by atoms with Crippen molar-refractivity contribution in [2.24, 2.45) is 0 Å². The Morgan fingerprint density at radius 3 is 2.70 bits per heavy atom. The van der Waals surface area contributed by atoms with E-state index in [9.17, 15) is 14.4 Å². The molecule has 0 atom stereocenters. The summed E-state index contributed by atoms with van der Waals surface area (Å²) >= 11 is 0. The summed E-state index contributed by atoms with van der Waals surface area (Å²) in [5, 5.41) is 5.75. The molecule has 0 saturated carbocycles. The Balaban J connectivity index is 1.51. The lowest BCUT2D eigenvalue weighted by atomic mass is 10.2. The van der Waals surface area contributed by atoms with Crippen molar-refractivity contribution in [3.63, 3.8) is 0 Å². The first-order valence-corrected chi connectivity index (χ1v) is 8.47. The Morgan fingerprint density at radius 1 is 1.07 bits per heavy atom. The number of aryl methyl sites for hydroxylation is 1. The van der Waals surface area contributed by atoms with Gasteiger partial charge in [-0.1, -0.05) is 18.2 Å². The zero-order valence-electron chi connectivity index (χ0n) is 14.8. The fourth-order valence-corrected chi connectivity index (χ4v) is 2.56. The number of aromatic nitrogens is 3. The summed E-state index contributed by atoms with van der Waals surface area (Å²) in [6, 6.07) is 12.3. The van der Waals surface area contributed by atoms with Crippen LogP contribution in [0.15, 0.2) is 53.6 Å². The molecule has 138 valence electrons. The van der Waals surface area contributed by atoms with Crippen LogP contribution in [-0.2, 0) is 16.1 Å². The topological polar surface area (TPSA) is 106 Å². The first-order valence-electron chi connectivity index (χ1n) is 8.47. The number of rotatable bonds is 6. The molecule has 1 aromatic carbocycles.